The molecular weight excluding hydrogens is 332 g/mol. The average molecular weight is 349 g/mol. The summed E-state index contributed by atoms with van der Waals surface area (Å²) in [6.07, 6.45) is 8.58. The molecule has 1 saturated carbocycles. The van der Waals surface area contributed by atoms with Gasteiger partial charge in [0.1, 0.15) is 4.47 Å². The summed E-state index contributed by atoms with van der Waals surface area (Å²) in [4.78, 5) is 16.2. The Kier molecular flexibility index (Phi) is 4.34. The lowest BCUT2D eigenvalue weighted by atomic mass is 10.2. The maximum absolute atomic E-state index is 12.2. The summed E-state index contributed by atoms with van der Waals surface area (Å²) in [6, 6.07) is 3.98. The fraction of sp³-hybridized carbons (Fsp3) is 0.400. The molecule has 21 heavy (non-hydrogen) atoms. The van der Waals surface area contributed by atoms with Crippen LogP contribution in [0.25, 0.3) is 0 Å². The van der Waals surface area contributed by atoms with Gasteiger partial charge in [-0.1, -0.05) is 0 Å². The van der Waals surface area contributed by atoms with Crippen LogP contribution in [0.1, 0.15) is 18.4 Å². The van der Waals surface area contributed by atoms with Gasteiger partial charge in [-0.05, 0) is 58.8 Å². The number of aromatic nitrogens is 3. The molecule has 0 amide bonds. The Labute approximate surface area is 131 Å². The highest BCUT2D eigenvalue weighted by atomic mass is 79.9. The van der Waals surface area contributed by atoms with Gasteiger partial charge in [-0.15, -0.1) is 0 Å². The third-order valence-electron chi connectivity index (χ3n) is 3.59. The van der Waals surface area contributed by atoms with Crippen LogP contribution in [0.3, 0.4) is 0 Å². The van der Waals surface area contributed by atoms with Crippen molar-refractivity contribution in [3.63, 3.8) is 0 Å². The van der Waals surface area contributed by atoms with Gasteiger partial charge in [0.05, 0.1) is 11.9 Å². The van der Waals surface area contributed by atoms with E-state index in [0.717, 1.165) is 25.2 Å². The van der Waals surface area contributed by atoms with E-state index in [1.54, 1.807) is 23.3 Å². The molecule has 5 nitrogen and oxygen atoms in total. The van der Waals surface area contributed by atoms with Gasteiger partial charge in [-0.2, -0.15) is 5.10 Å². The summed E-state index contributed by atoms with van der Waals surface area (Å²) in [5.41, 5.74) is 1.90. The van der Waals surface area contributed by atoms with Crippen molar-refractivity contribution in [2.75, 3.05) is 11.9 Å². The van der Waals surface area contributed by atoms with Gasteiger partial charge in [0, 0.05) is 25.5 Å². The third-order valence-corrected chi connectivity index (χ3v) is 4.36. The van der Waals surface area contributed by atoms with Gasteiger partial charge < -0.3 is 5.32 Å². The van der Waals surface area contributed by atoms with Crippen molar-refractivity contribution < 1.29 is 0 Å². The van der Waals surface area contributed by atoms with Gasteiger partial charge in [-0.25, -0.2) is 4.68 Å². The van der Waals surface area contributed by atoms with Gasteiger partial charge in [0.15, 0.2) is 0 Å². The molecular formula is C15H17BrN4O. The number of anilines is 1. The van der Waals surface area contributed by atoms with Gasteiger partial charge in [0.2, 0.25) is 0 Å². The molecule has 0 radical (unpaired) electrons. The molecule has 0 aliphatic heterocycles. The fourth-order valence-electron chi connectivity index (χ4n) is 2.15. The largest absolute Gasteiger partial charge is 0.382 e. The molecule has 0 atom stereocenters. The lowest BCUT2D eigenvalue weighted by Gasteiger charge is -2.10. The molecule has 1 N–H and O–H groups in total. The van der Waals surface area contributed by atoms with E-state index in [4.69, 9.17) is 0 Å². The maximum Gasteiger partial charge on any atom is 0.283 e. The Balaban J connectivity index is 1.62. The van der Waals surface area contributed by atoms with E-state index in [1.807, 2.05) is 12.1 Å². The van der Waals surface area contributed by atoms with Crippen molar-refractivity contribution in [2.45, 2.75) is 25.8 Å². The molecule has 1 aliphatic rings. The molecule has 2 aromatic rings. The van der Waals surface area contributed by atoms with E-state index in [-0.39, 0.29) is 5.56 Å². The van der Waals surface area contributed by atoms with Crippen LogP contribution in [-0.4, -0.2) is 21.3 Å². The molecule has 1 aliphatic carbocycles. The first-order valence-corrected chi connectivity index (χ1v) is 7.92. The quantitative estimate of drug-likeness (QED) is 0.870. The first-order valence-electron chi connectivity index (χ1n) is 7.12. The van der Waals surface area contributed by atoms with Crippen molar-refractivity contribution in [1.82, 2.24) is 14.8 Å². The minimum absolute atomic E-state index is 0.0594. The van der Waals surface area contributed by atoms with E-state index in [1.165, 1.54) is 18.4 Å². The maximum atomic E-state index is 12.2. The van der Waals surface area contributed by atoms with E-state index in [0.29, 0.717) is 10.4 Å². The topological polar surface area (TPSA) is 59.8 Å². The second-order valence-electron chi connectivity index (χ2n) is 5.34. The van der Waals surface area contributed by atoms with Crippen molar-refractivity contribution in [3.05, 3.63) is 51.1 Å². The summed E-state index contributed by atoms with van der Waals surface area (Å²) < 4.78 is 2.11. The minimum Gasteiger partial charge on any atom is -0.382 e. The summed E-state index contributed by atoms with van der Waals surface area (Å²) in [6.45, 7) is 1.48. The zero-order valence-electron chi connectivity index (χ0n) is 11.6. The summed E-state index contributed by atoms with van der Waals surface area (Å²) in [5, 5.41) is 7.50. The SMILES string of the molecule is O=c1c(Br)c(NCCc2ccncc2)cnn1CC1CC1. The Morgan fingerprint density at radius 1 is 1.33 bits per heavy atom. The van der Waals surface area contributed by atoms with E-state index < -0.39 is 0 Å². The Bertz CT molecular complexity index is 667. The monoisotopic (exact) mass is 348 g/mol. The van der Waals surface area contributed by atoms with Crippen LogP contribution in [0.4, 0.5) is 5.69 Å². The van der Waals surface area contributed by atoms with Gasteiger partial charge in [-0.3, -0.25) is 9.78 Å². The Hall–Kier alpha value is -1.69. The number of halogens is 1. The molecule has 0 unspecified atom stereocenters. The van der Waals surface area contributed by atoms with Crippen LogP contribution >= 0.6 is 15.9 Å². The third kappa shape index (κ3) is 3.69. The standard InChI is InChI=1S/C15H17BrN4O/c16-14-13(18-8-5-11-3-6-17-7-4-11)9-19-20(15(14)21)10-12-1-2-12/h3-4,6-7,9,12,18H,1-2,5,8,10H2. The minimum atomic E-state index is -0.0594. The Morgan fingerprint density at radius 3 is 2.81 bits per heavy atom. The first-order chi connectivity index (χ1) is 10.2. The zero-order chi connectivity index (χ0) is 14.7. The molecule has 0 bridgehead atoms. The van der Waals surface area contributed by atoms with Gasteiger partial charge in [0.25, 0.3) is 5.56 Å². The smallest absolute Gasteiger partial charge is 0.283 e. The second-order valence-corrected chi connectivity index (χ2v) is 6.13. The van der Waals surface area contributed by atoms with Crippen LogP contribution < -0.4 is 10.9 Å². The predicted octanol–water partition coefficient (Wildman–Crippen LogP) is 2.47. The number of pyridine rings is 1. The first kappa shape index (κ1) is 14.3. The molecule has 6 heteroatoms. The van der Waals surface area contributed by atoms with Crippen LogP contribution in [0.5, 0.6) is 0 Å². The van der Waals surface area contributed by atoms with E-state index in [2.05, 4.69) is 31.3 Å². The summed E-state index contributed by atoms with van der Waals surface area (Å²) in [7, 11) is 0. The lowest BCUT2D eigenvalue weighted by molar-refractivity contribution is 0.532. The highest BCUT2D eigenvalue weighted by Crippen LogP contribution is 2.30. The second kappa shape index (κ2) is 6.39. The summed E-state index contributed by atoms with van der Waals surface area (Å²) >= 11 is 3.38. The van der Waals surface area contributed by atoms with Crippen molar-refractivity contribution in [1.29, 1.82) is 0 Å². The normalized spacial score (nSPS) is 14.1. The molecule has 0 aromatic carbocycles. The van der Waals surface area contributed by atoms with Crippen LogP contribution in [-0.2, 0) is 13.0 Å². The zero-order valence-corrected chi connectivity index (χ0v) is 13.2. The Morgan fingerprint density at radius 2 is 2.10 bits per heavy atom. The predicted molar refractivity (Wildman–Crippen MR) is 85.4 cm³/mol. The molecule has 0 spiro atoms. The molecule has 110 valence electrons. The summed E-state index contributed by atoms with van der Waals surface area (Å²) in [5.74, 6) is 0.632. The van der Waals surface area contributed by atoms with Crippen LogP contribution in [0.2, 0.25) is 0 Å². The van der Waals surface area contributed by atoms with Gasteiger partial charge >= 0.3 is 0 Å². The van der Waals surface area contributed by atoms with Crippen LogP contribution in [0.15, 0.2) is 40.0 Å². The van der Waals surface area contributed by atoms with E-state index in [9.17, 15) is 4.79 Å². The van der Waals surface area contributed by atoms with E-state index >= 15 is 0 Å². The van der Waals surface area contributed by atoms with Crippen molar-refractivity contribution in [2.24, 2.45) is 5.92 Å². The number of nitrogens with one attached hydrogen (secondary N) is 1. The van der Waals surface area contributed by atoms with Crippen molar-refractivity contribution >= 4 is 21.6 Å². The highest BCUT2D eigenvalue weighted by molar-refractivity contribution is 9.10. The molecule has 1 fully saturated rings. The highest BCUT2D eigenvalue weighted by Gasteiger charge is 2.23. The lowest BCUT2D eigenvalue weighted by Crippen LogP contribution is -2.25. The molecule has 2 aromatic heterocycles. The number of nitrogens with zero attached hydrogens (tertiary/aromatic N) is 3. The average Bonchev–Trinajstić information content (AvgIpc) is 3.31. The van der Waals surface area contributed by atoms with Crippen LogP contribution in [0, 0.1) is 5.92 Å². The number of rotatable bonds is 6. The fourth-order valence-corrected chi connectivity index (χ4v) is 2.60. The molecule has 0 saturated heterocycles. The number of hydrogen-bond donors (Lipinski definition) is 1. The molecule has 3 rings (SSSR count). The molecule has 2 heterocycles. The number of hydrogen-bond acceptors (Lipinski definition) is 4. The van der Waals surface area contributed by atoms with Crippen molar-refractivity contribution in [3.8, 4) is 0 Å².